The molecule has 0 unspecified atom stereocenters. The highest BCUT2D eigenvalue weighted by atomic mass is 79.9. The lowest BCUT2D eigenvalue weighted by atomic mass is 10.1. The number of hydrogen-bond acceptors (Lipinski definition) is 7. The molecule has 0 radical (unpaired) electrons. The number of nitrogens with zero attached hydrogens (tertiary/aromatic N) is 3. The Balaban J connectivity index is 1.87. The number of fused-ring (bicyclic) bond motifs is 3. The lowest BCUT2D eigenvalue weighted by Crippen LogP contribution is -2.17. The van der Waals surface area contributed by atoms with Gasteiger partial charge in [-0.05, 0) is 58.6 Å². The van der Waals surface area contributed by atoms with Crippen molar-refractivity contribution in [3.8, 4) is 22.9 Å². The molecule has 0 saturated heterocycles. The van der Waals surface area contributed by atoms with Crippen molar-refractivity contribution in [2.24, 2.45) is 0 Å². The van der Waals surface area contributed by atoms with Gasteiger partial charge in [0, 0.05) is 21.3 Å². The van der Waals surface area contributed by atoms with Crippen LogP contribution in [0.1, 0.15) is 11.8 Å². The van der Waals surface area contributed by atoms with Gasteiger partial charge in [0.15, 0.2) is 11.9 Å². The second-order valence-corrected chi connectivity index (χ2v) is 8.04. The van der Waals surface area contributed by atoms with Gasteiger partial charge >= 0.3 is 0 Å². The Hall–Kier alpha value is -1.84. The topological polar surface area (TPSA) is 80.2 Å². The van der Waals surface area contributed by atoms with Crippen LogP contribution in [0.5, 0.6) is 11.6 Å². The number of hydrogen-bond donors (Lipinski definition) is 2. The van der Waals surface area contributed by atoms with Crippen molar-refractivity contribution in [3.05, 3.63) is 50.9 Å². The molecule has 3 aromatic rings. The highest BCUT2D eigenvalue weighted by Crippen LogP contribution is 2.41. The second-order valence-electron chi connectivity index (χ2n) is 5.50. The van der Waals surface area contributed by atoms with E-state index in [1.165, 1.54) is 11.8 Å². The van der Waals surface area contributed by atoms with Crippen LogP contribution in [0.25, 0.3) is 11.3 Å². The van der Waals surface area contributed by atoms with Crippen molar-refractivity contribution in [2.75, 3.05) is 11.6 Å². The van der Waals surface area contributed by atoms with E-state index in [2.05, 4.69) is 52.4 Å². The van der Waals surface area contributed by atoms with Crippen molar-refractivity contribution in [1.82, 2.24) is 15.2 Å². The standard InChI is InChI=1S/C17H12Br2N4O2S/c1-26-17-21-16-14(22-23-17)10-7-9(18)3-4-12(10)20-15(25-16)8-2-5-13(24)11(19)6-8/h2-7,15,20,24H,1H3/t15-/m1/s1. The average Bonchev–Trinajstić information content (AvgIpc) is 2.80. The van der Waals surface area contributed by atoms with E-state index < -0.39 is 6.23 Å². The number of halogens is 2. The fourth-order valence-electron chi connectivity index (χ4n) is 2.59. The third-order valence-electron chi connectivity index (χ3n) is 3.85. The van der Waals surface area contributed by atoms with Crippen molar-refractivity contribution >= 4 is 49.3 Å². The van der Waals surface area contributed by atoms with Crippen molar-refractivity contribution in [1.29, 1.82) is 0 Å². The summed E-state index contributed by atoms with van der Waals surface area (Å²) < 4.78 is 7.66. The molecule has 1 aromatic heterocycles. The van der Waals surface area contributed by atoms with Gasteiger partial charge in [-0.3, -0.25) is 0 Å². The fourth-order valence-corrected chi connectivity index (χ4v) is 3.65. The number of benzene rings is 2. The molecule has 0 bridgehead atoms. The van der Waals surface area contributed by atoms with Gasteiger partial charge in [0.25, 0.3) is 0 Å². The molecule has 2 N–H and O–H groups in total. The van der Waals surface area contributed by atoms with Gasteiger partial charge in [0.05, 0.1) is 4.47 Å². The first-order chi connectivity index (χ1) is 12.5. The van der Waals surface area contributed by atoms with Crippen LogP contribution in [0.15, 0.2) is 50.5 Å². The summed E-state index contributed by atoms with van der Waals surface area (Å²) in [6, 6.07) is 11.1. The van der Waals surface area contributed by atoms with Gasteiger partial charge in [-0.15, -0.1) is 10.2 Å². The van der Waals surface area contributed by atoms with Gasteiger partial charge < -0.3 is 15.2 Å². The highest BCUT2D eigenvalue weighted by Gasteiger charge is 2.26. The summed E-state index contributed by atoms with van der Waals surface area (Å²) in [5.74, 6) is 0.573. The molecular formula is C17H12Br2N4O2S. The Bertz CT molecular complexity index is 1000. The summed E-state index contributed by atoms with van der Waals surface area (Å²) >= 11 is 8.24. The molecule has 9 heteroatoms. The number of thioether (sulfide) groups is 1. The smallest absolute Gasteiger partial charge is 0.247 e. The first-order valence-corrected chi connectivity index (χ1v) is 10.4. The van der Waals surface area contributed by atoms with E-state index in [0.29, 0.717) is 21.2 Å². The summed E-state index contributed by atoms with van der Waals surface area (Å²) in [6.45, 7) is 0. The van der Waals surface area contributed by atoms with E-state index in [1.807, 2.05) is 24.5 Å². The first kappa shape index (κ1) is 17.6. The Morgan fingerprint density at radius 2 is 2.00 bits per heavy atom. The molecule has 0 spiro atoms. The van der Waals surface area contributed by atoms with Crippen LogP contribution in [0.2, 0.25) is 0 Å². The molecule has 0 amide bonds. The highest BCUT2D eigenvalue weighted by molar-refractivity contribution is 9.10. The van der Waals surface area contributed by atoms with E-state index in [-0.39, 0.29) is 5.75 Å². The lowest BCUT2D eigenvalue weighted by Gasteiger charge is -2.19. The van der Waals surface area contributed by atoms with Crippen LogP contribution in [0.4, 0.5) is 5.69 Å². The zero-order chi connectivity index (χ0) is 18.3. The molecular weight excluding hydrogens is 484 g/mol. The van der Waals surface area contributed by atoms with Crippen molar-refractivity contribution in [2.45, 2.75) is 11.4 Å². The zero-order valence-electron chi connectivity index (χ0n) is 13.4. The van der Waals surface area contributed by atoms with Crippen molar-refractivity contribution in [3.63, 3.8) is 0 Å². The van der Waals surface area contributed by atoms with E-state index in [4.69, 9.17) is 4.74 Å². The molecule has 1 aliphatic heterocycles. The monoisotopic (exact) mass is 494 g/mol. The van der Waals surface area contributed by atoms with E-state index in [9.17, 15) is 5.11 Å². The van der Waals surface area contributed by atoms with Gasteiger partial charge in [0.2, 0.25) is 11.0 Å². The second kappa shape index (κ2) is 7.05. The SMILES string of the molecule is CSc1nnc2c(n1)O[C@H](c1ccc(O)c(Br)c1)Nc1ccc(Br)cc1-2. The van der Waals surface area contributed by atoms with Crippen LogP contribution in [0.3, 0.4) is 0 Å². The minimum atomic E-state index is -0.500. The lowest BCUT2D eigenvalue weighted by molar-refractivity contribution is 0.225. The number of phenolic OH excluding ortho intramolecular Hbond substituents is 1. The van der Waals surface area contributed by atoms with Gasteiger partial charge in [0.1, 0.15) is 5.75 Å². The van der Waals surface area contributed by atoms with Crippen molar-refractivity contribution < 1.29 is 9.84 Å². The predicted molar refractivity (Wildman–Crippen MR) is 108 cm³/mol. The molecule has 0 aliphatic carbocycles. The number of ether oxygens (including phenoxy) is 1. The number of aromatic nitrogens is 3. The summed E-state index contributed by atoms with van der Waals surface area (Å²) in [5.41, 5.74) is 3.11. The summed E-state index contributed by atoms with van der Waals surface area (Å²) in [4.78, 5) is 4.49. The molecule has 26 heavy (non-hydrogen) atoms. The van der Waals surface area contributed by atoms with Crippen LogP contribution in [-0.4, -0.2) is 26.5 Å². The minimum Gasteiger partial charge on any atom is -0.507 e. The Labute approximate surface area is 170 Å². The average molecular weight is 496 g/mol. The van der Waals surface area contributed by atoms with Crippen LogP contribution < -0.4 is 10.1 Å². The maximum Gasteiger partial charge on any atom is 0.247 e. The molecule has 6 nitrogen and oxygen atoms in total. The number of phenols is 1. The number of nitrogens with one attached hydrogen (secondary N) is 1. The van der Waals surface area contributed by atoms with Gasteiger partial charge in [-0.1, -0.05) is 27.7 Å². The molecule has 0 fully saturated rings. The first-order valence-electron chi connectivity index (χ1n) is 7.55. The Morgan fingerprint density at radius 3 is 2.77 bits per heavy atom. The zero-order valence-corrected chi connectivity index (χ0v) is 17.4. The number of rotatable bonds is 2. The Morgan fingerprint density at radius 1 is 1.15 bits per heavy atom. The quantitative estimate of drug-likeness (QED) is 0.484. The summed E-state index contributed by atoms with van der Waals surface area (Å²) in [6.07, 6.45) is 1.39. The normalized spacial score (nSPS) is 15.3. The molecule has 2 heterocycles. The summed E-state index contributed by atoms with van der Waals surface area (Å²) in [7, 11) is 0. The molecule has 1 aliphatic rings. The fraction of sp³-hybridized carbons (Fsp3) is 0.118. The molecule has 0 saturated carbocycles. The van der Waals surface area contributed by atoms with E-state index in [1.54, 1.807) is 18.2 Å². The summed E-state index contributed by atoms with van der Waals surface area (Å²) in [5, 5.41) is 22.1. The van der Waals surface area contributed by atoms with Crippen LogP contribution >= 0.6 is 43.6 Å². The Kier molecular flexibility index (Phi) is 4.76. The minimum absolute atomic E-state index is 0.167. The van der Waals surface area contributed by atoms with Gasteiger partial charge in [-0.25, -0.2) is 0 Å². The third-order valence-corrected chi connectivity index (χ3v) is 5.51. The van der Waals surface area contributed by atoms with Gasteiger partial charge in [-0.2, -0.15) is 4.98 Å². The van der Waals surface area contributed by atoms with E-state index >= 15 is 0 Å². The molecule has 132 valence electrons. The number of aromatic hydroxyl groups is 1. The molecule has 2 aromatic carbocycles. The molecule has 1 atom stereocenters. The maximum absolute atomic E-state index is 9.77. The predicted octanol–water partition coefficient (Wildman–Crippen LogP) is 4.99. The van der Waals surface area contributed by atoms with Crippen LogP contribution in [-0.2, 0) is 0 Å². The molecule has 4 rings (SSSR count). The van der Waals surface area contributed by atoms with E-state index in [0.717, 1.165) is 21.3 Å². The van der Waals surface area contributed by atoms with Crippen LogP contribution in [0, 0.1) is 0 Å². The largest absolute Gasteiger partial charge is 0.507 e. The third kappa shape index (κ3) is 3.26. The number of anilines is 1. The maximum atomic E-state index is 9.77.